The smallest absolute Gasteiger partial charge is 0.216 e. The molecule has 2 aliphatic rings. The Morgan fingerprint density at radius 3 is 1.82 bits per heavy atom. The van der Waals surface area contributed by atoms with E-state index in [2.05, 4.69) is 139 Å². The van der Waals surface area contributed by atoms with E-state index in [1.54, 1.807) is 0 Å². The molecule has 0 amide bonds. The molecule has 3 heteroatoms. The molecule has 0 aromatic heterocycles. The summed E-state index contributed by atoms with van der Waals surface area (Å²) in [5, 5.41) is 4.95. The van der Waals surface area contributed by atoms with E-state index in [0.29, 0.717) is 12.5 Å². The molecule has 0 saturated carbocycles. The van der Waals surface area contributed by atoms with Crippen molar-refractivity contribution in [2.75, 3.05) is 19.8 Å². The van der Waals surface area contributed by atoms with Crippen molar-refractivity contribution >= 4 is 33.2 Å². The van der Waals surface area contributed by atoms with Gasteiger partial charge in [0.15, 0.2) is 0 Å². The molecule has 6 aromatic carbocycles. The summed E-state index contributed by atoms with van der Waals surface area (Å²) in [6.07, 6.45) is 4.41. The van der Waals surface area contributed by atoms with Crippen LogP contribution in [0.25, 0.3) is 60.7 Å². The van der Waals surface area contributed by atoms with Crippen LogP contribution in [-0.4, -0.2) is 25.7 Å². The minimum atomic E-state index is 0.653. The van der Waals surface area contributed by atoms with Crippen molar-refractivity contribution in [3.8, 4) is 33.4 Å². The van der Waals surface area contributed by atoms with Crippen molar-refractivity contribution in [2.24, 2.45) is 10.9 Å². The summed E-state index contributed by atoms with van der Waals surface area (Å²) < 4.78 is 11.9. The van der Waals surface area contributed by atoms with Crippen LogP contribution in [0.4, 0.5) is 0 Å². The highest BCUT2D eigenvalue weighted by molar-refractivity contribution is 6.22. The van der Waals surface area contributed by atoms with Gasteiger partial charge < -0.3 is 9.47 Å². The van der Waals surface area contributed by atoms with Crippen LogP contribution in [0.15, 0.2) is 132 Å². The molecule has 1 unspecified atom stereocenters. The van der Waals surface area contributed by atoms with Crippen molar-refractivity contribution in [3.63, 3.8) is 0 Å². The summed E-state index contributed by atoms with van der Waals surface area (Å²) in [6, 6.07) is 44.1. The predicted octanol–water partition coefficient (Wildman–Crippen LogP) is 10.6. The fourth-order valence-electron chi connectivity index (χ4n) is 6.76. The monoisotopic (exact) mass is 585 g/mol. The molecule has 6 aromatic rings. The summed E-state index contributed by atoms with van der Waals surface area (Å²) >= 11 is 0. The van der Waals surface area contributed by atoms with Gasteiger partial charge in [-0.25, -0.2) is 4.99 Å². The molecule has 1 atom stereocenters. The van der Waals surface area contributed by atoms with Crippen LogP contribution in [0.2, 0.25) is 0 Å². The Morgan fingerprint density at radius 1 is 0.533 bits per heavy atom. The SMILES string of the molecule is CC1CC=C(c2ccc(-c3c4ccccc4c(-c4ccc(C5=NCCO5)cc4)c4cc(-c5ccccc5)ccc34)cc2)OCC1. The van der Waals surface area contributed by atoms with Crippen LogP contribution in [0.1, 0.15) is 30.9 Å². The molecule has 0 fully saturated rings. The third kappa shape index (κ3) is 5.19. The number of hydrogen-bond donors (Lipinski definition) is 0. The molecule has 3 nitrogen and oxygen atoms in total. The zero-order valence-corrected chi connectivity index (χ0v) is 25.5. The van der Waals surface area contributed by atoms with Gasteiger partial charge in [-0.05, 0) is 98.0 Å². The maximum absolute atomic E-state index is 6.15. The molecule has 0 spiro atoms. The molecule has 0 saturated heterocycles. The Morgan fingerprint density at radius 2 is 1.13 bits per heavy atom. The number of fused-ring (bicyclic) bond motifs is 2. The molecule has 8 rings (SSSR count). The Labute approximate surface area is 264 Å². The van der Waals surface area contributed by atoms with E-state index in [9.17, 15) is 0 Å². The number of rotatable bonds is 5. The van der Waals surface area contributed by atoms with Gasteiger partial charge in [0, 0.05) is 11.1 Å². The maximum Gasteiger partial charge on any atom is 0.216 e. The van der Waals surface area contributed by atoms with Crippen molar-refractivity contribution in [2.45, 2.75) is 19.8 Å². The Kier molecular flexibility index (Phi) is 7.15. The van der Waals surface area contributed by atoms with Crippen molar-refractivity contribution < 1.29 is 9.47 Å². The van der Waals surface area contributed by atoms with E-state index >= 15 is 0 Å². The Bertz CT molecular complexity index is 2070. The molecule has 0 radical (unpaired) electrons. The van der Waals surface area contributed by atoms with Crippen molar-refractivity contribution in [1.29, 1.82) is 0 Å². The summed E-state index contributed by atoms with van der Waals surface area (Å²) in [5.41, 5.74) is 9.45. The van der Waals surface area contributed by atoms with E-state index in [-0.39, 0.29) is 0 Å². The first-order chi connectivity index (χ1) is 22.2. The highest BCUT2D eigenvalue weighted by Gasteiger charge is 2.19. The number of ether oxygens (including phenoxy) is 2. The van der Waals surface area contributed by atoms with Crippen LogP contribution < -0.4 is 0 Å². The average molecular weight is 586 g/mol. The number of allylic oxidation sites excluding steroid dienone is 1. The second kappa shape index (κ2) is 11.7. The minimum Gasteiger partial charge on any atom is -0.493 e. The van der Waals surface area contributed by atoms with Crippen molar-refractivity contribution in [3.05, 3.63) is 139 Å². The first-order valence-corrected chi connectivity index (χ1v) is 16.0. The lowest BCUT2D eigenvalue weighted by Gasteiger charge is -2.19. The second-order valence-corrected chi connectivity index (χ2v) is 12.2. The van der Waals surface area contributed by atoms with E-state index in [1.165, 1.54) is 54.9 Å². The van der Waals surface area contributed by atoms with Crippen LogP contribution in [0.5, 0.6) is 0 Å². The molecular formula is C42H35NO2. The van der Waals surface area contributed by atoms with E-state index in [4.69, 9.17) is 9.47 Å². The minimum absolute atomic E-state index is 0.653. The number of benzene rings is 6. The molecule has 0 N–H and O–H groups in total. The second-order valence-electron chi connectivity index (χ2n) is 12.2. The van der Waals surface area contributed by atoms with Crippen LogP contribution >= 0.6 is 0 Å². The van der Waals surface area contributed by atoms with Crippen LogP contribution in [-0.2, 0) is 9.47 Å². The summed E-state index contributed by atoms with van der Waals surface area (Å²) in [5.74, 6) is 2.39. The van der Waals surface area contributed by atoms with Gasteiger partial charge in [-0.2, -0.15) is 0 Å². The van der Waals surface area contributed by atoms with Crippen molar-refractivity contribution in [1.82, 2.24) is 0 Å². The number of hydrogen-bond acceptors (Lipinski definition) is 3. The molecule has 2 aliphatic heterocycles. The summed E-state index contributed by atoms with van der Waals surface area (Å²) in [6.45, 7) is 4.45. The molecule has 45 heavy (non-hydrogen) atoms. The number of nitrogens with zero attached hydrogens (tertiary/aromatic N) is 1. The van der Waals surface area contributed by atoms with Crippen LogP contribution in [0.3, 0.4) is 0 Å². The highest BCUT2D eigenvalue weighted by atomic mass is 16.5. The first kappa shape index (κ1) is 27.4. The largest absolute Gasteiger partial charge is 0.493 e. The first-order valence-electron chi connectivity index (χ1n) is 16.0. The molecular weight excluding hydrogens is 550 g/mol. The predicted molar refractivity (Wildman–Crippen MR) is 187 cm³/mol. The number of aliphatic imine (C=N–C) groups is 1. The third-order valence-electron chi connectivity index (χ3n) is 9.17. The van der Waals surface area contributed by atoms with E-state index in [1.807, 2.05) is 0 Å². The average Bonchev–Trinajstić information content (AvgIpc) is 3.56. The standard InChI is InChI=1S/C42H35NO2/c1-28-11-22-39(44-25-23-28)30-12-14-31(15-13-30)40-35-9-5-6-10-36(35)41(32-16-18-33(19-17-32)42-43-24-26-45-42)38-27-34(20-21-37(38)40)29-7-3-2-4-8-29/h2-10,12-22,27-28H,11,23-26H2,1H3. The molecule has 0 bridgehead atoms. The lowest BCUT2D eigenvalue weighted by atomic mass is 9.84. The maximum atomic E-state index is 6.15. The van der Waals surface area contributed by atoms with Gasteiger partial charge in [0.2, 0.25) is 5.90 Å². The van der Waals surface area contributed by atoms with Gasteiger partial charge >= 0.3 is 0 Å². The van der Waals surface area contributed by atoms with Gasteiger partial charge in [-0.3, -0.25) is 0 Å². The van der Waals surface area contributed by atoms with Gasteiger partial charge in [0.1, 0.15) is 12.4 Å². The topological polar surface area (TPSA) is 30.8 Å². The lowest BCUT2D eigenvalue weighted by Crippen LogP contribution is -2.00. The third-order valence-corrected chi connectivity index (χ3v) is 9.17. The van der Waals surface area contributed by atoms with E-state index in [0.717, 1.165) is 48.8 Å². The lowest BCUT2D eigenvalue weighted by molar-refractivity contribution is 0.260. The fraction of sp³-hybridized carbons (Fsp3) is 0.167. The quantitative estimate of drug-likeness (QED) is 0.188. The zero-order chi connectivity index (χ0) is 30.2. The summed E-state index contributed by atoms with van der Waals surface area (Å²) in [7, 11) is 0. The highest BCUT2D eigenvalue weighted by Crippen LogP contribution is 2.45. The summed E-state index contributed by atoms with van der Waals surface area (Å²) in [4.78, 5) is 4.53. The Hall–Kier alpha value is -5.15. The molecule has 0 aliphatic carbocycles. The van der Waals surface area contributed by atoms with E-state index < -0.39 is 0 Å². The molecule has 220 valence electrons. The fourth-order valence-corrected chi connectivity index (χ4v) is 6.76. The van der Waals surface area contributed by atoms with Gasteiger partial charge in [0.25, 0.3) is 0 Å². The normalized spacial score (nSPS) is 16.5. The zero-order valence-electron chi connectivity index (χ0n) is 25.5. The molecule has 2 heterocycles. The van der Waals surface area contributed by atoms with Crippen LogP contribution in [0, 0.1) is 5.92 Å². The van der Waals surface area contributed by atoms with Gasteiger partial charge in [-0.1, -0.05) is 110 Å². The Balaban J connectivity index is 1.33. The van der Waals surface area contributed by atoms with Gasteiger partial charge in [-0.15, -0.1) is 0 Å². The van der Waals surface area contributed by atoms with Gasteiger partial charge in [0.05, 0.1) is 13.2 Å².